The average Bonchev–Trinajstić information content (AvgIpc) is 2.67. The number of aromatic nitrogens is 2. The number of ether oxygens (including phenoxy) is 2. The van der Waals surface area contributed by atoms with E-state index in [1.165, 1.54) is 57.5 Å². The molecule has 13 heteroatoms. The van der Waals surface area contributed by atoms with Gasteiger partial charge in [0, 0.05) is 14.1 Å². The maximum Gasteiger partial charge on any atom is 0.343 e. The van der Waals surface area contributed by atoms with E-state index in [1.807, 2.05) is 0 Å². The lowest BCUT2D eigenvalue weighted by molar-refractivity contribution is 0.0828. The first-order valence-electron chi connectivity index (χ1n) is 8.41. The lowest BCUT2D eigenvalue weighted by Crippen LogP contribution is -2.45. The summed E-state index contributed by atoms with van der Waals surface area (Å²) in [5, 5.41) is 7.51. The zero-order valence-corrected chi connectivity index (χ0v) is 17.8. The quantitative estimate of drug-likeness (QED) is 0.669. The molecule has 0 bridgehead atoms. The van der Waals surface area contributed by atoms with Crippen LogP contribution in [0.15, 0.2) is 24.3 Å². The van der Waals surface area contributed by atoms with E-state index in [1.54, 1.807) is 6.92 Å². The van der Waals surface area contributed by atoms with Gasteiger partial charge in [-0.1, -0.05) is 11.6 Å². The van der Waals surface area contributed by atoms with Crippen molar-refractivity contribution in [2.24, 2.45) is 5.14 Å². The van der Waals surface area contributed by atoms with Crippen LogP contribution in [0.5, 0.6) is 11.8 Å². The molecule has 1 heterocycles. The lowest BCUT2D eigenvalue weighted by Gasteiger charge is -2.23. The Labute approximate surface area is 173 Å². The highest BCUT2D eigenvalue weighted by Gasteiger charge is 2.31. The van der Waals surface area contributed by atoms with Crippen LogP contribution < -0.4 is 24.2 Å². The van der Waals surface area contributed by atoms with Crippen molar-refractivity contribution in [3.05, 3.63) is 35.4 Å². The molecule has 0 radical (unpaired) electrons. The van der Waals surface area contributed by atoms with Gasteiger partial charge >= 0.3 is 16.2 Å². The molecule has 0 aliphatic carbocycles. The Hall–Kier alpha value is -3.45. The molecular weight excluding hydrogens is 416 g/mol. The first-order valence-corrected chi connectivity index (χ1v) is 9.91. The highest BCUT2D eigenvalue weighted by atomic mass is 32.2. The van der Waals surface area contributed by atoms with Gasteiger partial charge in [-0.2, -0.15) is 22.7 Å². The molecule has 0 aliphatic rings. The van der Waals surface area contributed by atoms with Gasteiger partial charge in [0.2, 0.25) is 17.7 Å². The minimum atomic E-state index is -4.63. The molecule has 0 aliphatic heterocycles. The molecule has 0 spiro atoms. The molecule has 162 valence electrons. The first kappa shape index (κ1) is 22.8. The van der Waals surface area contributed by atoms with Gasteiger partial charge in [-0.3, -0.25) is 10.1 Å². The number of urea groups is 1. The standard InChI is InChI=1S/C17H22N6O6S/c1-10-6-7-12(11(8-10)15(24)22(2)3)23(30(18,26)27)17(25)21-16-19-13(28-4)9-14(20-16)29-5/h6-9H,1-5H3,(H2,18,26,27)(H,19,20,21,25). The maximum absolute atomic E-state index is 12.9. The largest absolute Gasteiger partial charge is 0.481 e. The first-order chi connectivity index (χ1) is 14.0. The van der Waals surface area contributed by atoms with E-state index in [4.69, 9.17) is 14.6 Å². The summed E-state index contributed by atoms with van der Waals surface area (Å²) in [5.41, 5.74) is 0.419. The zero-order chi connectivity index (χ0) is 22.6. The van der Waals surface area contributed by atoms with E-state index in [-0.39, 0.29) is 33.3 Å². The Morgan fingerprint density at radius 2 is 1.63 bits per heavy atom. The number of aryl methyl sites for hydroxylation is 1. The van der Waals surface area contributed by atoms with Gasteiger partial charge in [-0.05, 0) is 19.1 Å². The van der Waals surface area contributed by atoms with Crippen LogP contribution in [-0.4, -0.2) is 63.5 Å². The fraction of sp³-hybridized carbons (Fsp3) is 0.294. The minimum absolute atomic E-state index is 0.0340. The van der Waals surface area contributed by atoms with Crippen LogP contribution in [0, 0.1) is 6.92 Å². The van der Waals surface area contributed by atoms with Crippen LogP contribution in [0.4, 0.5) is 16.4 Å². The summed E-state index contributed by atoms with van der Waals surface area (Å²) in [7, 11) is 1.04. The van der Waals surface area contributed by atoms with Crippen molar-refractivity contribution >= 4 is 33.8 Å². The van der Waals surface area contributed by atoms with Crippen molar-refractivity contribution in [1.29, 1.82) is 0 Å². The highest BCUT2D eigenvalue weighted by molar-refractivity contribution is 7.91. The molecule has 0 fully saturated rings. The van der Waals surface area contributed by atoms with E-state index in [0.717, 1.165) is 0 Å². The molecule has 3 N–H and O–H groups in total. The topological polar surface area (TPSA) is 157 Å². The fourth-order valence-electron chi connectivity index (χ4n) is 2.42. The van der Waals surface area contributed by atoms with Gasteiger partial charge in [0.1, 0.15) is 0 Å². The van der Waals surface area contributed by atoms with Crippen molar-refractivity contribution in [2.45, 2.75) is 6.92 Å². The molecule has 2 rings (SSSR count). The maximum atomic E-state index is 12.9. The summed E-state index contributed by atoms with van der Waals surface area (Å²) in [6.45, 7) is 1.72. The summed E-state index contributed by atoms with van der Waals surface area (Å²) >= 11 is 0. The van der Waals surface area contributed by atoms with Gasteiger partial charge in [0.25, 0.3) is 5.91 Å². The Kier molecular flexibility index (Phi) is 6.79. The molecule has 2 aromatic rings. The van der Waals surface area contributed by atoms with Gasteiger partial charge < -0.3 is 14.4 Å². The number of benzene rings is 1. The minimum Gasteiger partial charge on any atom is -0.481 e. The Morgan fingerprint density at radius 1 is 1.07 bits per heavy atom. The third kappa shape index (κ3) is 5.12. The van der Waals surface area contributed by atoms with Gasteiger partial charge in [-0.15, -0.1) is 0 Å². The molecule has 1 aromatic heterocycles. The number of carbonyl (C=O) groups excluding carboxylic acids is 2. The number of hydrogen-bond donors (Lipinski definition) is 2. The van der Waals surface area contributed by atoms with Crippen LogP contribution in [0.3, 0.4) is 0 Å². The molecule has 0 saturated heterocycles. The van der Waals surface area contributed by atoms with E-state index < -0.39 is 22.1 Å². The van der Waals surface area contributed by atoms with E-state index in [0.29, 0.717) is 5.56 Å². The summed E-state index contributed by atoms with van der Waals surface area (Å²) in [6, 6.07) is 4.46. The predicted molar refractivity (Wildman–Crippen MR) is 109 cm³/mol. The number of methoxy groups -OCH3 is 2. The van der Waals surface area contributed by atoms with Crippen LogP contribution in [0.2, 0.25) is 0 Å². The number of rotatable bonds is 6. The summed E-state index contributed by atoms with van der Waals surface area (Å²) < 4.78 is 34.8. The molecule has 1 aromatic carbocycles. The third-order valence-corrected chi connectivity index (χ3v) is 4.63. The third-order valence-electron chi connectivity index (χ3n) is 3.76. The lowest BCUT2D eigenvalue weighted by atomic mass is 10.1. The molecule has 3 amide bonds. The fourth-order valence-corrected chi connectivity index (χ4v) is 3.13. The number of hydrogen-bond acceptors (Lipinski definition) is 8. The highest BCUT2D eigenvalue weighted by Crippen LogP contribution is 2.26. The summed E-state index contributed by atoms with van der Waals surface area (Å²) in [5.74, 6) is -0.678. The number of nitrogens with two attached hydrogens (primary N) is 1. The van der Waals surface area contributed by atoms with Crippen LogP contribution in [0.1, 0.15) is 15.9 Å². The zero-order valence-electron chi connectivity index (χ0n) is 17.0. The van der Waals surface area contributed by atoms with Crippen molar-refractivity contribution in [3.8, 4) is 11.8 Å². The SMILES string of the molecule is COc1cc(OC)nc(NC(=O)N(c2ccc(C)cc2C(=O)N(C)C)S(N)(=O)=O)n1. The molecular formula is C17H22N6O6S. The van der Waals surface area contributed by atoms with E-state index >= 15 is 0 Å². The number of nitrogens with one attached hydrogen (secondary N) is 1. The van der Waals surface area contributed by atoms with Crippen LogP contribution >= 0.6 is 0 Å². The molecule has 30 heavy (non-hydrogen) atoms. The normalized spacial score (nSPS) is 10.9. The van der Waals surface area contributed by atoms with Crippen molar-refractivity contribution in [3.63, 3.8) is 0 Å². The Morgan fingerprint density at radius 3 is 2.10 bits per heavy atom. The van der Waals surface area contributed by atoms with Gasteiger partial charge in [-0.25, -0.2) is 9.93 Å². The second-order valence-electron chi connectivity index (χ2n) is 6.24. The number of nitrogens with zero attached hydrogens (tertiary/aromatic N) is 4. The molecule has 0 saturated carbocycles. The monoisotopic (exact) mass is 438 g/mol. The average molecular weight is 438 g/mol. The smallest absolute Gasteiger partial charge is 0.343 e. The van der Waals surface area contributed by atoms with Crippen molar-refractivity contribution in [2.75, 3.05) is 37.9 Å². The van der Waals surface area contributed by atoms with Gasteiger partial charge in [0.15, 0.2) is 0 Å². The van der Waals surface area contributed by atoms with Gasteiger partial charge in [0.05, 0.1) is 31.5 Å². The van der Waals surface area contributed by atoms with E-state index in [9.17, 15) is 18.0 Å². The van der Waals surface area contributed by atoms with Crippen molar-refractivity contribution in [1.82, 2.24) is 14.9 Å². The number of amides is 3. The van der Waals surface area contributed by atoms with E-state index in [2.05, 4.69) is 15.3 Å². The summed E-state index contributed by atoms with van der Waals surface area (Å²) in [4.78, 5) is 34.5. The molecule has 0 atom stereocenters. The van der Waals surface area contributed by atoms with Crippen LogP contribution in [-0.2, 0) is 10.2 Å². The summed E-state index contributed by atoms with van der Waals surface area (Å²) in [6.07, 6.45) is 0. The molecule has 12 nitrogen and oxygen atoms in total. The number of carbonyl (C=O) groups is 2. The molecule has 0 unspecified atom stereocenters. The second-order valence-corrected chi connectivity index (χ2v) is 7.63. The second kappa shape index (κ2) is 8.92. The van der Waals surface area contributed by atoms with Crippen molar-refractivity contribution < 1.29 is 27.5 Å². The predicted octanol–water partition coefficient (Wildman–Crippen LogP) is 0.746. The Balaban J connectivity index is 2.56. The number of anilines is 2. The Bertz CT molecular complexity index is 1050. The van der Waals surface area contributed by atoms with Crippen LogP contribution in [0.25, 0.3) is 0 Å².